The first-order valence-electron chi connectivity index (χ1n) is 8.23. The predicted molar refractivity (Wildman–Crippen MR) is 86.9 cm³/mol. The van der Waals surface area contributed by atoms with Crippen LogP contribution in [0.25, 0.3) is 11.1 Å². The van der Waals surface area contributed by atoms with Crippen LogP contribution in [0, 0.1) is 6.92 Å². The van der Waals surface area contributed by atoms with E-state index in [4.69, 9.17) is 4.52 Å². The molecule has 6 heteroatoms. The molecular weight excluding hydrogens is 278 g/mol. The zero-order chi connectivity index (χ0) is 15.5. The smallest absolute Gasteiger partial charge is 0.263 e. The van der Waals surface area contributed by atoms with Crippen LogP contribution in [0.15, 0.2) is 10.9 Å². The molecule has 1 fully saturated rings. The summed E-state index contributed by atoms with van der Waals surface area (Å²) in [5.41, 5.74) is 1.38. The highest BCUT2D eigenvalue weighted by atomic mass is 16.5. The zero-order valence-electron chi connectivity index (χ0n) is 13.7. The lowest BCUT2D eigenvalue weighted by molar-refractivity contribution is 0.103. The van der Waals surface area contributed by atoms with Crippen molar-refractivity contribution in [2.24, 2.45) is 0 Å². The van der Waals surface area contributed by atoms with Crippen LogP contribution in [0.5, 0.6) is 0 Å². The molecule has 0 radical (unpaired) electrons. The quantitative estimate of drug-likeness (QED) is 0.857. The molecule has 1 N–H and O–H groups in total. The molecule has 0 saturated carbocycles. The maximum atomic E-state index is 5.17. The minimum absolute atomic E-state index is 0.549. The number of fused-ring (bicyclic) bond motifs is 1. The van der Waals surface area contributed by atoms with Crippen molar-refractivity contribution in [3.8, 4) is 0 Å². The lowest BCUT2D eigenvalue weighted by atomic mass is 9.97. The summed E-state index contributed by atoms with van der Waals surface area (Å²) < 4.78 is 5.17. The first-order chi connectivity index (χ1) is 10.7. The van der Waals surface area contributed by atoms with Crippen LogP contribution in [0.3, 0.4) is 0 Å². The highest BCUT2D eigenvalue weighted by Gasteiger charge is 2.23. The number of likely N-dealkylation sites (tertiary alicyclic amines) is 1. The Bertz CT molecular complexity index is 616. The highest BCUT2D eigenvalue weighted by molar-refractivity contribution is 5.87. The lowest BCUT2D eigenvalue weighted by Crippen LogP contribution is -2.44. The van der Waals surface area contributed by atoms with Gasteiger partial charge >= 0.3 is 0 Å². The van der Waals surface area contributed by atoms with Crippen LogP contribution in [0.1, 0.15) is 45.2 Å². The molecule has 120 valence electrons. The van der Waals surface area contributed by atoms with E-state index in [1.165, 1.54) is 25.6 Å². The molecular formula is C16H25N5O. The fourth-order valence-corrected chi connectivity index (χ4v) is 3.44. The first-order valence-corrected chi connectivity index (χ1v) is 8.23. The minimum Gasteiger partial charge on any atom is -0.369 e. The summed E-state index contributed by atoms with van der Waals surface area (Å²) in [6.07, 6.45) is 6.63. The third-order valence-electron chi connectivity index (χ3n) is 4.70. The second-order valence-electron chi connectivity index (χ2n) is 6.32. The lowest BCUT2D eigenvalue weighted by Gasteiger charge is -2.39. The van der Waals surface area contributed by atoms with Gasteiger partial charge in [0.2, 0.25) is 0 Å². The molecule has 0 amide bonds. The number of hydrogen-bond acceptors (Lipinski definition) is 6. The predicted octanol–water partition coefficient (Wildman–Crippen LogP) is 2.99. The summed E-state index contributed by atoms with van der Waals surface area (Å²) in [5, 5.41) is 8.25. The molecule has 3 heterocycles. The van der Waals surface area contributed by atoms with Gasteiger partial charge in [-0.25, -0.2) is 4.98 Å². The maximum Gasteiger partial charge on any atom is 0.263 e. The standard InChI is InChI=1S/C16H25N5O/c1-11-6-4-7-12(2)21(11)9-5-8-17-15-14-13(3)20-22-16(14)19-10-18-15/h10-12H,4-9H2,1-3H3,(H,17,18,19)/t11-,12-/m0/s1. The van der Waals surface area contributed by atoms with Crippen molar-refractivity contribution in [2.75, 3.05) is 18.4 Å². The summed E-state index contributed by atoms with van der Waals surface area (Å²) in [6, 6.07) is 1.41. The fraction of sp³-hybridized carbons (Fsp3) is 0.688. The average molecular weight is 303 g/mol. The molecule has 1 aliphatic rings. The SMILES string of the molecule is Cc1noc2ncnc(NCCCN3[C@@H](C)CCC[C@@H]3C)c12. The molecule has 0 bridgehead atoms. The highest BCUT2D eigenvalue weighted by Crippen LogP contribution is 2.24. The van der Waals surface area contributed by atoms with E-state index in [9.17, 15) is 0 Å². The van der Waals surface area contributed by atoms with Gasteiger partial charge in [0.15, 0.2) is 0 Å². The van der Waals surface area contributed by atoms with Crippen LogP contribution in [-0.2, 0) is 0 Å². The number of anilines is 1. The monoisotopic (exact) mass is 303 g/mol. The van der Waals surface area contributed by atoms with E-state index in [1.54, 1.807) is 0 Å². The number of piperidine rings is 1. The van der Waals surface area contributed by atoms with Crippen molar-refractivity contribution < 1.29 is 4.52 Å². The van der Waals surface area contributed by atoms with Gasteiger partial charge in [-0.3, -0.25) is 4.90 Å². The van der Waals surface area contributed by atoms with Gasteiger partial charge in [-0.1, -0.05) is 11.6 Å². The van der Waals surface area contributed by atoms with E-state index in [0.717, 1.165) is 36.4 Å². The van der Waals surface area contributed by atoms with E-state index in [0.29, 0.717) is 17.8 Å². The second-order valence-corrected chi connectivity index (χ2v) is 6.32. The van der Waals surface area contributed by atoms with Gasteiger partial charge in [0, 0.05) is 25.2 Å². The molecule has 0 aliphatic carbocycles. The summed E-state index contributed by atoms with van der Waals surface area (Å²) in [4.78, 5) is 11.0. The van der Waals surface area contributed by atoms with Crippen molar-refractivity contribution in [1.29, 1.82) is 0 Å². The Morgan fingerprint density at radius 1 is 1.27 bits per heavy atom. The van der Waals surface area contributed by atoms with E-state index in [-0.39, 0.29) is 0 Å². The summed E-state index contributed by atoms with van der Waals surface area (Å²) in [6.45, 7) is 8.63. The van der Waals surface area contributed by atoms with Gasteiger partial charge in [0.25, 0.3) is 5.71 Å². The number of nitrogens with one attached hydrogen (secondary N) is 1. The third-order valence-corrected chi connectivity index (χ3v) is 4.70. The van der Waals surface area contributed by atoms with E-state index >= 15 is 0 Å². The van der Waals surface area contributed by atoms with Crippen molar-refractivity contribution >= 4 is 16.9 Å². The van der Waals surface area contributed by atoms with E-state index in [2.05, 4.69) is 39.2 Å². The molecule has 0 spiro atoms. The Kier molecular flexibility index (Phi) is 4.57. The van der Waals surface area contributed by atoms with Crippen molar-refractivity contribution in [3.05, 3.63) is 12.0 Å². The largest absolute Gasteiger partial charge is 0.369 e. The summed E-state index contributed by atoms with van der Waals surface area (Å²) >= 11 is 0. The van der Waals surface area contributed by atoms with Gasteiger partial charge in [-0.2, -0.15) is 4.98 Å². The molecule has 2 aromatic rings. The maximum absolute atomic E-state index is 5.17. The number of aryl methyl sites for hydroxylation is 1. The van der Waals surface area contributed by atoms with Crippen LogP contribution in [0.2, 0.25) is 0 Å². The van der Waals surface area contributed by atoms with Crippen LogP contribution < -0.4 is 5.32 Å². The van der Waals surface area contributed by atoms with Crippen molar-refractivity contribution in [1.82, 2.24) is 20.0 Å². The van der Waals surface area contributed by atoms with Gasteiger partial charge in [-0.05, 0) is 40.0 Å². The molecule has 1 aliphatic heterocycles. The molecule has 0 unspecified atom stereocenters. The van der Waals surface area contributed by atoms with Crippen molar-refractivity contribution in [3.63, 3.8) is 0 Å². The Hall–Kier alpha value is -1.69. The molecule has 2 atom stereocenters. The summed E-state index contributed by atoms with van der Waals surface area (Å²) in [7, 11) is 0. The molecule has 3 rings (SSSR count). The Morgan fingerprint density at radius 2 is 2.05 bits per heavy atom. The zero-order valence-corrected chi connectivity index (χ0v) is 13.7. The van der Waals surface area contributed by atoms with E-state index < -0.39 is 0 Å². The molecule has 2 aromatic heterocycles. The Morgan fingerprint density at radius 3 is 2.82 bits per heavy atom. The molecule has 22 heavy (non-hydrogen) atoms. The van der Waals surface area contributed by atoms with Crippen LogP contribution in [0.4, 0.5) is 5.82 Å². The van der Waals surface area contributed by atoms with Gasteiger partial charge in [-0.15, -0.1) is 0 Å². The van der Waals surface area contributed by atoms with Gasteiger partial charge in [0.05, 0.1) is 5.69 Å². The Labute approximate surface area is 131 Å². The average Bonchev–Trinajstić information content (AvgIpc) is 2.88. The summed E-state index contributed by atoms with van der Waals surface area (Å²) in [5.74, 6) is 0.823. The number of hydrogen-bond donors (Lipinski definition) is 1. The van der Waals surface area contributed by atoms with Crippen molar-refractivity contribution in [2.45, 2.75) is 58.5 Å². The normalized spacial score (nSPS) is 23.0. The third kappa shape index (κ3) is 3.06. The fourth-order valence-electron chi connectivity index (χ4n) is 3.44. The topological polar surface area (TPSA) is 67.1 Å². The van der Waals surface area contributed by atoms with Crippen LogP contribution in [-0.4, -0.2) is 45.2 Å². The number of aromatic nitrogens is 3. The van der Waals surface area contributed by atoms with Gasteiger partial charge < -0.3 is 9.84 Å². The number of nitrogens with zero attached hydrogens (tertiary/aromatic N) is 4. The first kappa shape index (κ1) is 15.2. The number of rotatable bonds is 5. The molecule has 1 saturated heterocycles. The molecule has 6 nitrogen and oxygen atoms in total. The van der Waals surface area contributed by atoms with Gasteiger partial charge in [0.1, 0.15) is 17.5 Å². The second kappa shape index (κ2) is 6.60. The van der Waals surface area contributed by atoms with Crippen LogP contribution >= 0.6 is 0 Å². The van der Waals surface area contributed by atoms with E-state index in [1.807, 2.05) is 6.92 Å². The molecule has 0 aromatic carbocycles. The minimum atomic E-state index is 0.549. The Balaban J connectivity index is 1.55.